The molecule has 29 heavy (non-hydrogen) atoms. The number of hydrogen-bond donors (Lipinski definition) is 1. The Bertz CT molecular complexity index is 860. The van der Waals surface area contributed by atoms with Crippen molar-refractivity contribution in [2.24, 2.45) is 0 Å². The molecule has 0 saturated carbocycles. The van der Waals surface area contributed by atoms with Gasteiger partial charge in [0, 0.05) is 22.1 Å². The number of amides is 2. The molecule has 0 aliphatic rings. The van der Waals surface area contributed by atoms with Gasteiger partial charge >= 0.3 is 0 Å². The third-order valence-corrected chi connectivity index (χ3v) is 5.49. The molecule has 0 saturated heterocycles. The smallest absolute Gasteiger partial charge is 0.261 e. The molecule has 0 heterocycles. The molecule has 2 rings (SSSR count). The highest BCUT2D eigenvalue weighted by Gasteiger charge is 2.27. The zero-order valence-corrected chi connectivity index (χ0v) is 20.3. The molecule has 0 unspecified atom stereocenters. The average molecular weight is 547 g/mol. The first-order chi connectivity index (χ1) is 13.7. The highest BCUT2D eigenvalue weighted by Crippen LogP contribution is 2.28. The minimum absolute atomic E-state index is 0.0177. The normalized spacial score (nSPS) is 11.8. The third-order valence-electron chi connectivity index (χ3n) is 4.11. The van der Waals surface area contributed by atoms with E-state index in [1.807, 2.05) is 38.1 Å². The third kappa shape index (κ3) is 7.32. The van der Waals surface area contributed by atoms with Crippen molar-refractivity contribution < 1.29 is 14.3 Å². The fourth-order valence-corrected chi connectivity index (χ4v) is 3.65. The Kier molecular flexibility index (Phi) is 8.99. The summed E-state index contributed by atoms with van der Waals surface area (Å²) in [6, 6.07) is 12.0. The van der Waals surface area contributed by atoms with Crippen LogP contribution < -0.4 is 10.1 Å². The lowest BCUT2D eigenvalue weighted by Gasteiger charge is -2.29. The second-order valence-electron chi connectivity index (χ2n) is 6.85. The van der Waals surface area contributed by atoms with Gasteiger partial charge in [0.1, 0.15) is 11.8 Å². The summed E-state index contributed by atoms with van der Waals surface area (Å²) < 4.78 is 7.27. The van der Waals surface area contributed by atoms with E-state index in [4.69, 9.17) is 16.3 Å². The molecule has 0 fully saturated rings. The quantitative estimate of drug-likeness (QED) is 0.496. The van der Waals surface area contributed by atoms with E-state index in [0.717, 1.165) is 10.0 Å². The van der Waals surface area contributed by atoms with Crippen molar-refractivity contribution in [3.05, 3.63) is 62.0 Å². The Hall–Kier alpha value is -1.57. The summed E-state index contributed by atoms with van der Waals surface area (Å²) in [7, 11) is 0. The first kappa shape index (κ1) is 23.7. The van der Waals surface area contributed by atoms with Gasteiger partial charge in [-0.05, 0) is 72.6 Å². The lowest BCUT2D eigenvalue weighted by molar-refractivity contribution is -0.142. The van der Waals surface area contributed by atoms with E-state index in [-0.39, 0.29) is 24.5 Å². The number of halogens is 3. The molecule has 2 aromatic rings. The van der Waals surface area contributed by atoms with Crippen LogP contribution in [0.15, 0.2) is 51.4 Å². The number of rotatable bonds is 8. The summed E-state index contributed by atoms with van der Waals surface area (Å²) in [5.74, 6) is 0.00457. The second kappa shape index (κ2) is 11.0. The molecule has 0 aromatic heterocycles. The van der Waals surface area contributed by atoms with E-state index in [0.29, 0.717) is 21.8 Å². The number of nitrogens with zero attached hydrogens (tertiary/aromatic N) is 1. The Balaban J connectivity index is 2.16. The van der Waals surface area contributed by atoms with Crippen molar-refractivity contribution >= 4 is 55.3 Å². The molecule has 1 N–H and O–H groups in total. The minimum atomic E-state index is -0.647. The predicted molar refractivity (Wildman–Crippen MR) is 122 cm³/mol. The lowest BCUT2D eigenvalue weighted by atomic mass is 10.1. The van der Waals surface area contributed by atoms with E-state index in [9.17, 15) is 9.59 Å². The maximum Gasteiger partial charge on any atom is 0.261 e. The summed E-state index contributed by atoms with van der Waals surface area (Å²) in [4.78, 5) is 27.0. The average Bonchev–Trinajstić information content (AvgIpc) is 2.65. The molecular formula is C21H23Br2ClN2O3. The molecule has 8 heteroatoms. The van der Waals surface area contributed by atoms with E-state index < -0.39 is 6.04 Å². The molecule has 2 aromatic carbocycles. The van der Waals surface area contributed by atoms with Crippen LogP contribution in [0.25, 0.3) is 0 Å². The first-order valence-corrected chi connectivity index (χ1v) is 11.1. The van der Waals surface area contributed by atoms with Crippen molar-refractivity contribution in [1.82, 2.24) is 10.2 Å². The van der Waals surface area contributed by atoms with E-state index in [2.05, 4.69) is 37.2 Å². The van der Waals surface area contributed by atoms with Gasteiger partial charge in [0.25, 0.3) is 5.91 Å². The first-order valence-electron chi connectivity index (χ1n) is 9.09. The van der Waals surface area contributed by atoms with Gasteiger partial charge in [-0.2, -0.15) is 0 Å². The summed E-state index contributed by atoms with van der Waals surface area (Å²) in [6.07, 6.45) is 0. The Morgan fingerprint density at radius 2 is 1.76 bits per heavy atom. The van der Waals surface area contributed by atoms with Gasteiger partial charge < -0.3 is 15.0 Å². The molecule has 156 valence electrons. The number of carbonyl (C=O) groups excluding carboxylic acids is 2. The molecule has 1 atom stereocenters. The maximum absolute atomic E-state index is 13.0. The SMILES string of the molecule is CC(C)NC(=O)[C@H](C)N(Cc1ccc(Br)cc1)C(=O)COc1ccc(Cl)cc1Br. The van der Waals surface area contributed by atoms with Crippen LogP contribution in [0.3, 0.4) is 0 Å². The Morgan fingerprint density at radius 3 is 2.34 bits per heavy atom. The zero-order valence-electron chi connectivity index (χ0n) is 16.4. The van der Waals surface area contributed by atoms with Crippen LogP contribution >= 0.6 is 43.5 Å². The lowest BCUT2D eigenvalue weighted by Crippen LogP contribution is -2.50. The number of nitrogens with one attached hydrogen (secondary N) is 1. The molecular weight excluding hydrogens is 524 g/mol. The summed E-state index contributed by atoms with van der Waals surface area (Å²) >= 11 is 12.7. The summed E-state index contributed by atoms with van der Waals surface area (Å²) in [6.45, 7) is 5.58. The Morgan fingerprint density at radius 1 is 1.10 bits per heavy atom. The van der Waals surface area contributed by atoms with Crippen molar-refractivity contribution in [3.63, 3.8) is 0 Å². The fraction of sp³-hybridized carbons (Fsp3) is 0.333. The molecule has 0 aliphatic heterocycles. The maximum atomic E-state index is 13.0. The van der Waals surface area contributed by atoms with Gasteiger partial charge in [0.15, 0.2) is 6.61 Å². The minimum Gasteiger partial charge on any atom is -0.483 e. The van der Waals surface area contributed by atoms with Gasteiger partial charge in [0.2, 0.25) is 5.91 Å². The molecule has 0 spiro atoms. The zero-order chi connectivity index (χ0) is 21.6. The van der Waals surface area contributed by atoms with E-state index >= 15 is 0 Å². The van der Waals surface area contributed by atoms with E-state index in [1.165, 1.54) is 4.90 Å². The van der Waals surface area contributed by atoms with Crippen LogP contribution in [0, 0.1) is 0 Å². The van der Waals surface area contributed by atoms with Crippen molar-refractivity contribution in [3.8, 4) is 5.75 Å². The predicted octanol–water partition coefficient (Wildman–Crippen LogP) is 5.19. The van der Waals surface area contributed by atoms with Crippen LogP contribution in [0.4, 0.5) is 0 Å². The van der Waals surface area contributed by atoms with Gasteiger partial charge in [-0.3, -0.25) is 9.59 Å². The standard InChI is InChI=1S/C21H23Br2ClN2O3/c1-13(2)25-21(28)14(3)26(11-15-4-6-16(22)7-5-15)20(27)12-29-19-9-8-17(24)10-18(19)23/h4-10,13-14H,11-12H2,1-3H3,(H,25,28)/t14-/m0/s1. The van der Waals surface area contributed by atoms with Crippen LogP contribution in [0.1, 0.15) is 26.3 Å². The number of hydrogen-bond acceptors (Lipinski definition) is 3. The van der Waals surface area contributed by atoms with Crippen LogP contribution in [-0.4, -0.2) is 35.4 Å². The Labute approximate surface area is 193 Å². The topological polar surface area (TPSA) is 58.6 Å². The molecule has 5 nitrogen and oxygen atoms in total. The largest absolute Gasteiger partial charge is 0.483 e. The van der Waals surface area contributed by atoms with Gasteiger partial charge in [-0.25, -0.2) is 0 Å². The van der Waals surface area contributed by atoms with Crippen molar-refractivity contribution in [2.75, 3.05) is 6.61 Å². The van der Waals surface area contributed by atoms with Crippen molar-refractivity contribution in [2.45, 2.75) is 39.4 Å². The van der Waals surface area contributed by atoms with Gasteiger partial charge in [-0.1, -0.05) is 39.7 Å². The molecule has 0 bridgehead atoms. The number of benzene rings is 2. The van der Waals surface area contributed by atoms with Crippen molar-refractivity contribution in [1.29, 1.82) is 0 Å². The summed E-state index contributed by atoms with van der Waals surface area (Å²) in [5.41, 5.74) is 0.915. The van der Waals surface area contributed by atoms with Crippen LogP contribution in [0.5, 0.6) is 5.75 Å². The highest BCUT2D eigenvalue weighted by atomic mass is 79.9. The molecule has 2 amide bonds. The second-order valence-corrected chi connectivity index (χ2v) is 9.06. The van der Waals surface area contributed by atoms with E-state index in [1.54, 1.807) is 25.1 Å². The van der Waals surface area contributed by atoms with Crippen LogP contribution in [0.2, 0.25) is 5.02 Å². The van der Waals surface area contributed by atoms with Crippen LogP contribution in [-0.2, 0) is 16.1 Å². The number of carbonyl (C=O) groups is 2. The monoisotopic (exact) mass is 544 g/mol. The molecule has 0 aliphatic carbocycles. The summed E-state index contributed by atoms with van der Waals surface area (Å²) in [5, 5.41) is 3.42. The van der Waals surface area contributed by atoms with Gasteiger partial charge in [0.05, 0.1) is 4.47 Å². The van der Waals surface area contributed by atoms with Gasteiger partial charge in [-0.15, -0.1) is 0 Å². The highest BCUT2D eigenvalue weighted by molar-refractivity contribution is 9.10. The fourth-order valence-electron chi connectivity index (χ4n) is 2.59. The molecule has 0 radical (unpaired) electrons. The number of ether oxygens (including phenoxy) is 1.